The summed E-state index contributed by atoms with van der Waals surface area (Å²) in [5.41, 5.74) is 0.222. The Kier molecular flexibility index (Phi) is 5.14. The van der Waals surface area contributed by atoms with Crippen LogP contribution in [0.4, 0.5) is 15.8 Å². The van der Waals surface area contributed by atoms with Crippen LogP contribution in [-0.2, 0) is 0 Å². The molecule has 3 aromatic rings. The third-order valence-corrected chi connectivity index (χ3v) is 4.21. The summed E-state index contributed by atoms with van der Waals surface area (Å²) in [7, 11) is 0. The van der Waals surface area contributed by atoms with Gasteiger partial charge >= 0.3 is 0 Å². The second-order valence-electron chi connectivity index (χ2n) is 5.79. The highest BCUT2D eigenvalue weighted by Crippen LogP contribution is 2.24. The number of hydrogen-bond acceptors (Lipinski definition) is 6. The molecule has 0 aliphatic rings. The summed E-state index contributed by atoms with van der Waals surface area (Å²) in [5, 5.41) is 21.4. The zero-order valence-corrected chi connectivity index (χ0v) is 15.2. The Morgan fingerprint density at radius 3 is 2.57 bits per heavy atom. The monoisotopic (exact) mass is 400 g/mol. The van der Waals surface area contributed by atoms with E-state index in [2.05, 4.69) is 9.98 Å². The van der Waals surface area contributed by atoms with E-state index in [0.29, 0.717) is 16.9 Å². The minimum atomic E-state index is -0.664. The van der Waals surface area contributed by atoms with Gasteiger partial charge in [0, 0.05) is 17.8 Å². The fourth-order valence-corrected chi connectivity index (χ4v) is 2.83. The molecule has 0 spiro atoms. The quantitative estimate of drug-likeness (QED) is 0.300. The second kappa shape index (κ2) is 7.53. The van der Waals surface area contributed by atoms with Gasteiger partial charge in [0.25, 0.3) is 11.2 Å². The van der Waals surface area contributed by atoms with Gasteiger partial charge in [-0.1, -0.05) is 0 Å². The number of nitro benzene ring substituents is 1. The second-order valence-corrected chi connectivity index (χ2v) is 6.18. The Labute approximate surface area is 162 Å². The number of benzene rings is 2. The number of nitro groups is 1. The molecule has 8 nitrogen and oxygen atoms in total. The van der Waals surface area contributed by atoms with Crippen LogP contribution in [0.3, 0.4) is 0 Å². The SMILES string of the molecule is Cc1cc(N=Cc2c(O)n(-c3ccc(F)cc3)c(=S)[nH]c2=O)ccc1[N+](=O)[O-]. The van der Waals surface area contributed by atoms with Crippen LogP contribution in [0.15, 0.2) is 52.3 Å². The number of aromatic amines is 1. The third kappa shape index (κ3) is 3.71. The van der Waals surface area contributed by atoms with Crippen LogP contribution in [0.25, 0.3) is 5.69 Å². The van der Waals surface area contributed by atoms with Crippen molar-refractivity contribution < 1.29 is 14.4 Å². The molecule has 0 fully saturated rings. The van der Waals surface area contributed by atoms with Crippen molar-refractivity contribution in [1.29, 1.82) is 0 Å². The molecule has 2 aromatic carbocycles. The fraction of sp³-hybridized carbons (Fsp3) is 0.0556. The van der Waals surface area contributed by atoms with E-state index in [1.165, 1.54) is 47.0 Å². The molecule has 0 saturated carbocycles. The van der Waals surface area contributed by atoms with Crippen LogP contribution in [0.2, 0.25) is 0 Å². The van der Waals surface area contributed by atoms with Crippen molar-refractivity contribution in [1.82, 2.24) is 9.55 Å². The molecular weight excluding hydrogens is 387 g/mol. The summed E-state index contributed by atoms with van der Waals surface area (Å²) >= 11 is 5.08. The van der Waals surface area contributed by atoms with Gasteiger partial charge in [0.1, 0.15) is 11.4 Å². The van der Waals surface area contributed by atoms with Crippen LogP contribution in [0.1, 0.15) is 11.1 Å². The van der Waals surface area contributed by atoms with Gasteiger partial charge in [0.15, 0.2) is 4.77 Å². The van der Waals surface area contributed by atoms with Gasteiger partial charge in [-0.2, -0.15) is 0 Å². The topological polar surface area (TPSA) is 114 Å². The van der Waals surface area contributed by atoms with Gasteiger partial charge in [-0.3, -0.25) is 29.5 Å². The van der Waals surface area contributed by atoms with Crippen LogP contribution in [0, 0.1) is 27.6 Å². The van der Waals surface area contributed by atoms with Crippen molar-refractivity contribution in [3.8, 4) is 11.6 Å². The summed E-state index contributed by atoms with van der Waals surface area (Å²) in [6, 6.07) is 9.37. The summed E-state index contributed by atoms with van der Waals surface area (Å²) < 4.78 is 14.2. The van der Waals surface area contributed by atoms with Crippen LogP contribution in [-0.4, -0.2) is 25.8 Å². The minimum absolute atomic E-state index is 0.0516. The maximum Gasteiger partial charge on any atom is 0.272 e. The van der Waals surface area contributed by atoms with Gasteiger partial charge in [0.05, 0.1) is 16.3 Å². The van der Waals surface area contributed by atoms with Gasteiger partial charge in [0.2, 0.25) is 5.88 Å². The number of aromatic hydroxyl groups is 1. The highest BCUT2D eigenvalue weighted by Gasteiger charge is 2.13. The van der Waals surface area contributed by atoms with E-state index in [1.807, 2.05) is 0 Å². The number of H-pyrrole nitrogens is 1. The van der Waals surface area contributed by atoms with E-state index < -0.39 is 22.2 Å². The maximum atomic E-state index is 13.1. The molecule has 28 heavy (non-hydrogen) atoms. The first kappa shape index (κ1) is 19.1. The largest absolute Gasteiger partial charge is 0.494 e. The van der Waals surface area contributed by atoms with E-state index in [1.54, 1.807) is 6.92 Å². The standard InChI is InChI=1S/C18H13FN4O4S/c1-10-8-12(4-7-15(10)23(26)27)20-9-14-16(24)21-18(28)22(17(14)25)13-5-2-11(19)3-6-13/h2-9,25H,1H3,(H,21,24,28). The smallest absolute Gasteiger partial charge is 0.272 e. The number of aryl methyl sites for hydroxylation is 1. The molecule has 0 bridgehead atoms. The molecule has 1 aromatic heterocycles. The summed E-state index contributed by atoms with van der Waals surface area (Å²) in [4.78, 5) is 29.1. The zero-order valence-electron chi connectivity index (χ0n) is 14.4. The van der Waals surface area contributed by atoms with Gasteiger partial charge in [-0.05, 0) is 55.5 Å². The van der Waals surface area contributed by atoms with Crippen LogP contribution >= 0.6 is 12.2 Å². The maximum absolute atomic E-state index is 13.1. The third-order valence-electron chi connectivity index (χ3n) is 3.93. The lowest BCUT2D eigenvalue weighted by Crippen LogP contribution is -2.18. The van der Waals surface area contributed by atoms with Crippen molar-refractivity contribution >= 4 is 29.8 Å². The van der Waals surface area contributed by atoms with Gasteiger partial charge in [-0.25, -0.2) is 4.39 Å². The molecule has 0 unspecified atom stereocenters. The Balaban J connectivity index is 2.06. The van der Waals surface area contributed by atoms with Crippen LogP contribution < -0.4 is 5.56 Å². The molecule has 3 rings (SSSR count). The molecule has 1 heterocycles. The number of aliphatic imine (C=N–C) groups is 1. The molecule has 10 heteroatoms. The van der Waals surface area contributed by atoms with Crippen molar-refractivity contribution in [2.75, 3.05) is 0 Å². The highest BCUT2D eigenvalue weighted by atomic mass is 32.1. The number of aromatic nitrogens is 2. The lowest BCUT2D eigenvalue weighted by atomic mass is 10.2. The molecule has 2 N–H and O–H groups in total. The molecule has 0 amide bonds. The first-order chi connectivity index (χ1) is 13.3. The first-order valence-corrected chi connectivity index (χ1v) is 8.32. The lowest BCUT2D eigenvalue weighted by molar-refractivity contribution is -0.385. The molecule has 142 valence electrons. The van der Waals surface area contributed by atoms with E-state index in [4.69, 9.17) is 12.2 Å². The minimum Gasteiger partial charge on any atom is -0.494 e. The lowest BCUT2D eigenvalue weighted by Gasteiger charge is -2.11. The van der Waals surface area contributed by atoms with E-state index in [0.717, 1.165) is 6.21 Å². The highest BCUT2D eigenvalue weighted by molar-refractivity contribution is 7.71. The molecule has 0 saturated heterocycles. The summed E-state index contributed by atoms with van der Waals surface area (Å²) in [6.45, 7) is 1.57. The Bertz CT molecular complexity index is 1220. The summed E-state index contributed by atoms with van der Waals surface area (Å²) in [5.74, 6) is -0.933. The van der Waals surface area contributed by atoms with Crippen LogP contribution in [0.5, 0.6) is 5.88 Å². The van der Waals surface area contributed by atoms with E-state index in [-0.39, 0.29) is 16.0 Å². The molecule has 0 radical (unpaired) electrons. The number of hydrogen-bond donors (Lipinski definition) is 2. The average molecular weight is 400 g/mol. The average Bonchev–Trinajstić information content (AvgIpc) is 2.62. The van der Waals surface area contributed by atoms with Crippen molar-refractivity contribution in [2.45, 2.75) is 6.92 Å². The van der Waals surface area contributed by atoms with E-state index in [9.17, 15) is 24.4 Å². The molecule has 0 aliphatic carbocycles. The number of nitrogens with zero attached hydrogens (tertiary/aromatic N) is 3. The predicted octanol–water partition coefficient (Wildman–Crippen LogP) is 3.71. The fourth-order valence-electron chi connectivity index (χ4n) is 2.55. The van der Waals surface area contributed by atoms with Crippen molar-refractivity contribution in [2.24, 2.45) is 4.99 Å². The number of halogens is 1. The number of rotatable bonds is 4. The Morgan fingerprint density at radius 1 is 1.29 bits per heavy atom. The summed E-state index contributed by atoms with van der Waals surface area (Å²) in [6.07, 6.45) is 1.13. The molecular formula is C18H13FN4O4S. The van der Waals surface area contributed by atoms with Crippen molar-refractivity contribution in [3.63, 3.8) is 0 Å². The van der Waals surface area contributed by atoms with Gasteiger partial charge in [-0.15, -0.1) is 0 Å². The van der Waals surface area contributed by atoms with E-state index >= 15 is 0 Å². The molecule has 0 aliphatic heterocycles. The Morgan fingerprint density at radius 2 is 1.96 bits per heavy atom. The Hall–Kier alpha value is -3.66. The number of nitrogens with one attached hydrogen (secondary N) is 1. The van der Waals surface area contributed by atoms with Crippen molar-refractivity contribution in [3.05, 3.63) is 84.6 Å². The first-order valence-electron chi connectivity index (χ1n) is 7.91. The zero-order chi connectivity index (χ0) is 20.4. The predicted molar refractivity (Wildman–Crippen MR) is 104 cm³/mol. The normalized spacial score (nSPS) is 11.1. The molecule has 0 atom stereocenters. The van der Waals surface area contributed by atoms with Gasteiger partial charge < -0.3 is 5.11 Å².